The molecule has 0 saturated carbocycles. The van der Waals surface area contributed by atoms with E-state index in [0.29, 0.717) is 12.3 Å². The van der Waals surface area contributed by atoms with Gasteiger partial charge in [-0.2, -0.15) is 0 Å². The highest BCUT2D eigenvalue weighted by molar-refractivity contribution is 7.19. The predicted molar refractivity (Wildman–Crippen MR) is 147 cm³/mol. The molecule has 4 aromatic rings. The lowest BCUT2D eigenvalue weighted by molar-refractivity contribution is 0.0514. The summed E-state index contributed by atoms with van der Waals surface area (Å²) in [6.45, 7) is 2.10. The molecular formula is C32H23NO2S. The van der Waals surface area contributed by atoms with Crippen molar-refractivity contribution in [3.8, 4) is 35.3 Å². The molecule has 0 saturated heterocycles. The molecule has 36 heavy (non-hydrogen) atoms. The minimum atomic E-state index is -0.423. The van der Waals surface area contributed by atoms with E-state index in [-0.39, 0.29) is 5.97 Å². The molecule has 0 aliphatic heterocycles. The minimum absolute atomic E-state index is 0.303. The molecule has 2 aromatic heterocycles. The number of carbonyl (C=O) groups is 1. The summed E-state index contributed by atoms with van der Waals surface area (Å²) in [4.78, 5) is 13.6. The lowest BCUT2D eigenvalue weighted by Crippen LogP contribution is -2.17. The number of hydrogen-bond acceptors (Lipinski definition) is 3. The van der Waals surface area contributed by atoms with Gasteiger partial charge in [0.05, 0.1) is 21.7 Å². The molecule has 0 bridgehead atoms. The number of terminal acetylenes is 1. The van der Waals surface area contributed by atoms with Crippen molar-refractivity contribution < 1.29 is 9.53 Å². The smallest absolute Gasteiger partial charge is 0.355 e. The highest BCUT2D eigenvalue weighted by Gasteiger charge is 2.24. The van der Waals surface area contributed by atoms with Crippen LogP contribution < -0.4 is 0 Å². The fraction of sp³-hybridized carbons (Fsp3) is 0.0938. The lowest BCUT2D eigenvalue weighted by atomic mass is 9.95. The topological polar surface area (TPSA) is 31.2 Å². The van der Waals surface area contributed by atoms with Gasteiger partial charge in [-0.1, -0.05) is 90.6 Å². The van der Waals surface area contributed by atoms with Gasteiger partial charge in [-0.25, -0.2) is 4.79 Å². The summed E-state index contributed by atoms with van der Waals surface area (Å²) in [6, 6.07) is 31.5. The average molecular weight is 486 g/mol. The molecule has 2 aliphatic rings. The number of carbonyl (C=O) groups excluding carboxylic acids is 1. The van der Waals surface area contributed by atoms with Gasteiger partial charge in [0.25, 0.3) is 0 Å². The largest absolute Gasteiger partial charge is 0.461 e. The number of esters is 1. The Balaban J connectivity index is 0.000000382. The average Bonchev–Trinajstić information content (AvgIpc) is 3.46. The standard InChI is InChI=1S/C26H19NO2S.C6H4/c1-3-22(20-13-9-6-10-14-20)27-23-17-21(16-15-19-11-7-5-8-12-19)30-25(23)18-24(27)26(28)29-4-2;1-2-6-4-3-5(1)6/h1,5-14,17-18,22H,4H2,2H3;1-4H. The second-order valence-corrected chi connectivity index (χ2v) is 9.24. The van der Waals surface area contributed by atoms with Crippen molar-refractivity contribution in [2.45, 2.75) is 13.0 Å². The minimum Gasteiger partial charge on any atom is -0.461 e. The maximum Gasteiger partial charge on any atom is 0.355 e. The van der Waals surface area contributed by atoms with E-state index < -0.39 is 6.04 Å². The summed E-state index contributed by atoms with van der Waals surface area (Å²) >= 11 is 1.54. The summed E-state index contributed by atoms with van der Waals surface area (Å²) in [5.74, 6) is 8.87. The third-order valence-electron chi connectivity index (χ3n) is 5.87. The van der Waals surface area contributed by atoms with E-state index in [1.54, 1.807) is 6.92 Å². The van der Waals surface area contributed by atoms with Crippen LogP contribution in [0.25, 0.3) is 21.3 Å². The molecule has 0 fully saturated rings. The Hall–Kier alpha value is -4.51. The van der Waals surface area contributed by atoms with E-state index >= 15 is 0 Å². The van der Waals surface area contributed by atoms with E-state index in [1.807, 2.05) is 77.4 Å². The summed E-state index contributed by atoms with van der Waals surface area (Å²) < 4.78 is 8.11. The van der Waals surface area contributed by atoms with Crippen LogP contribution in [-0.4, -0.2) is 17.1 Å². The second-order valence-electron chi connectivity index (χ2n) is 8.15. The number of rotatable bonds is 4. The van der Waals surface area contributed by atoms with Gasteiger partial charge in [-0.05, 0) is 47.9 Å². The monoisotopic (exact) mass is 485 g/mol. The Morgan fingerprint density at radius 2 is 1.56 bits per heavy atom. The van der Waals surface area contributed by atoms with E-state index in [9.17, 15) is 4.79 Å². The first-order valence-corrected chi connectivity index (χ1v) is 12.5. The molecule has 0 radical (unpaired) electrons. The second kappa shape index (κ2) is 10.4. The van der Waals surface area contributed by atoms with Crippen molar-refractivity contribution in [2.24, 2.45) is 0 Å². The van der Waals surface area contributed by atoms with Crippen LogP contribution in [0.15, 0.2) is 97.1 Å². The molecular weight excluding hydrogens is 462 g/mol. The number of ether oxygens (including phenoxy) is 1. The third kappa shape index (κ3) is 4.68. The number of fused-ring (bicyclic) bond motifs is 2. The van der Waals surface area contributed by atoms with E-state index in [4.69, 9.17) is 11.2 Å². The van der Waals surface area contributed by atoms with E-state index in [0.717, 1.165) is 26.2 Å². The number of hydrogen-bond donors (Lipinski definition) is 0. The number of thiophene rings is 1. The van der Waals surface area contributed by atoms with Crippen LogP contribution in [0.5, 0.6) is 0 Å². The number of benzene rings is 3. The Labute approximate surface area is 215 Å². The zero-order valence-corrected chi connectivity index (χ0v) is 20.6. The zero-order chi connectivity index (χ0) is 24.9. The van der Waals surface area contributed by atoms with E-state index in [2.05, 4.69) is 42.0 Å². The lowest BCUT2D eigenvalue weighted by Gasteiger charge is -2.17. The fourth-order valence-corrected chi connectivity index (χ4v) is 4.93. The summed E-state index contributed by atoms with van der Waals surface area (Å²) in [5, 5.41) is 0. The maximum absolute atomic E-state index is 12.6. The van der Waals surface area contributed by atoms with Crippen molar-refractivity contribution in [1.29, 1.82) is 0 Å². The first kappa shape index (κ1) is 23.2. The van der Waals surface area contributed by atoms with Crippen molar-refractivity contribution in [3.63, 3.8) is 0 Å². The molecule has 174 valence electrons. The zero-order valence-electron chi connectivity index (χ0n) is 19.8. The SMILES string of the molecule is C#CC(c1ccccc1)n1c(C(=O)OCC)cc2sc(C#Cc3ccccc3)cc21.c1cc2ccc1-2. The van der Waals surface area contributed by atoms with E-state index in [1.165, 1.54) is 22.5 Å². The Morgan fingerprint density at radius 1 is 0.917 bits per heavy atom. The summed E-state index contributed by atoms with van der Waals surface area (Å²) in [5.41, 5.74) is 6.08. The molecule has 2 aromatic carbocycles. The van der Waals surface area contributed by atoms with Gasteiger partial charge >= 0.3 is 5.97 Å². The maximum atomic E-state index is 12.6. The quantitative estimate of drug-likeness (QED) is 0.196. The van der Waals surface area contributed by atoms with Crippen LogP contribution in [-0.2, 0) is 4.74 Å². The first-order chi connectivity index (χ1) is 17.7. The fourth-order valence-electron chi connectivity index (χ4n) is 3.99. The first-order valence-electron chi connectivity index (χ1n) is 11.7. The van der Waals surface area contributed by atoms with Gasteiger partial charge in [-0.3, -0.25) is 0 Å². The van der Waals surface area contributed by atoms with Crippen LogP contribution >= 0.6 is 11.3 Å². The molecule has 2 heterocycles. The highest BCUT2D eigenvalue weighted by atomic mass is 32.1. The van der Waals surface area contributed by atoms with Gasteiger partial charge in [0.2, 0.25) is 0 Å². The van der Waals surface area contributed by atoms with Crippen molar-refractivity contribution in [2.75, 3.05) is 6.61 Å². The highest BCUT2D eigenvalue weighted by Crippen LogP contribution is 2.34. The molecule has 3 nitrogen and oxygen atoms in total. The van der Waals surface area contributed by atoms with Crippen LogP contribution in [0.2, 0.25) is 0 Å². The van der Waals surface area contributed by atoms with Crippen LogP contribution in [0.4, 0.5) is 0 Å². The van der Waals surface area contributed by atoms with Crippen molar-refractivity contribution >= 4 is 27.5 Å². The van der Waals surface area contributed by atoms with Crippen LogP contribution in [0, 0.1) is 24.2 Å². The number of nitrogens with zero attached hydrogens (tertiary/aromatic N) is 1. The molecule has 1 unspecified atom stereocenters. The van der Waals surface area contributed by atoms with Gasteiger partial charge in [0.1, 0.15) is 11.7 Å². The molecule has 2 aliphatic carbocycles. The van der Waals surface area contributed by atoms with Gasteiger partial charge in [0.15, 0.2) is 0 Å². The predicted octanol–water partition coefficient (Wildman–Crippen LogP) is 7.17. The molecule has 6 rings (SSSR count). The number of aromatic nitrogens is 1. The molecule has 0 N–H and O–H groups in total. The van der Waals surface area contributed by atoms with Gasteiger partial charge < -0.3 is 9.30 Å². The van der Waals surface area contributed by atoms with Crippen LogP contribution in [0.1, 0.15) is 39.5 Å². The third-order valence-corrected chi connectivity index (χ3v) is 6.85. The summed E-state index contributed by atoms with van der Waals surface area (Å²) in [6.07, 6.45) is 5.92. The van der Waals surface area contributed by atoms with Gasteiger partial charge in [-0.15, -0.1) is 17.8 Å². The van der Waals surface area contributed by atoms with Gasteiger partial charge in [0, 0.05) is 5.56 Å². The summed E-state index contributed by atoms with van der Waals surface area (Å²) in [7, 11) is 0. The molecule has 4 heteroatoms. The molecule has 0 amide bonds. The Kier molecular flexibility index (Phi) is 6.72. The normalized spacial score (nSPS) is 11.3. The van der Waals surface area contributed by atoms with Crippen molar-refractivity contribution in [3.05, 3.63) is 119 Å². The van der Waals surface area contributed by atoms with Crippen molar-refractivity contribution in [1.82, 2.24) is 4.57 Å². The molecule has 0 spiro atoms. The Morgan fingerprint density at radius 3 is 2.11 bits per heavy atom. The van der Waals surface area contributed by atoms with Crippen LogP contribution in [0.3, 0.4) is 0 Å². The molecule has 1 atom stereocenters. The Bertz CT molecular complexity index is 1590.